The Balaban J connectivity index is 1.68. The first kappa shape index (κ1) is 26.1. The van der Waals surface area contributed by atoms with E-state index in [0.29, 0.717) is 40.5 Å². The summed E-state index contributed by atoms with van der Waals surface area (Å²) in [5.74, 6) is 0.981. The maximum atomic E-state index is 13.2. The van der Waals surface area contributed by atoms with Crippen molar-refractivity contribution in [1.82, 2.24) is 9.80 Å². The minimum atomic E-state index is -0.773. The van der Waals surface area contributed by atoms with Crippen LogP contribution in [0.3, 0.4) is 0 Å². The Morgan fingerprint density at radius 2 is 1.77 bits per heavy atom. The summed E-state index contributed by atoms with van der Waals surface area (Å²) >= 11 is 3.38. The van der Waals surface area contributed by atoms with Gasteiger partial charge in [-0.05, 0) is 18.2 Å². The maximum Gasteiger partial charge on any atom is 0.260 e. The second kappa shape index (κ2) is 11.8. The quantitative estimate of drug-likeness (QED) is 0.475. The molecular weight excluding hydrogens is 522 g/mol. The van der Waals surface area contributed by atoms with Gasteiger partial charge >= 0.3 is 0 Å². The van der Waals surface area contributed by atoms with Crippen molar-refractivity contribution < 1.29 is 33.3 Å². The number of aldehydes is 1. The molecule has 2 aromatic carbocycles. The molecule has 1 saturated heterocycles. The fourth-order valence-corrected chi connectivity index (χ4v) is 4.21. The largest absolute Gasteiger partial charge is 0.493 e. The standard InChI is InChI=1S/C24H28BrN3O7/c1-26-19-6-5-15(25)9-18(19)24(31)28-8-7-27(12-16(28)13-29)22(30)14-35-17-10-20(32-2)23(34-4)21(11-17)33-3/h5-6,9-11,13,16,26H,7-8,12,14H2,1-4H3. The van der Waals surface area contributed by atoms with E-state index < -0.39 is 6.04 Å². The first-order valence-corrected chi connectivity index (χ1v) is 11.6. The van der Waals surface area contributed by atoms with Gasteiger partial charge in [-0.3, -0.25) is 9.59 Å². The molecule has 35 heavy (non-hydrogen) atoms. The highest BCUT2D eigenvalue weighted by Crippen LogP contribution is 2.40. The van der Waals surface area contributed by atoms with Crippen molar-refractivity contribution in [2.45, 2.75) is 6.04 Å². The SMILES string of the molecule is CNc1ccc(Br)cc1C(=O)N1CCN(C(=O)COc2cc(OC)c(OC)c(OC)c2)CC1C=O. The van der Waals surface area contributed by atoms with Crippen molar-refractivity contribution in [2.24, 2.45) is 0 Å². The highest BCUT2D eigenvalue weighted by atomic mass is 79.9. The van der Waals surface area contributed by atoms with Gasteiger partial charge in [0.2, 0.25) is 5.75 Å². The number of hydrogen-bond acceptors (Lipinski definition) is 8. The molecule has 2 aromatic rings. The molecule has 0 spiro atoms. The van der Waals surface area contributed by atoms with Crippen molar-refractivity contribution in [3.05, 3.63) is 40.4 Å². The fraction of sp³-hybridized carbons (Fsp3) is 0.375. The zero-order valence-corrected chi connectivity index (χ0v) is 21.6. The predicted molar refractivity (Wildman–Crippen MR) is 133 cm³/mol. The van der Waals surface area contributed by atoms with Crippen LogP contribution in [-0.4, -0.2) is 88.6 Å². The van der Waals surface area contributed by atoms with Gasteiger partial charge in [0, 0.05) is 49.0 Å². The normalized spacial score (nSPS) is 15.3. The third kappa shape index (κ3) is 5.79. The van der Waals surface area contributed by atoms with Crippen LogP contribution in [0.5, 0.6) is 23.0 Å². The van der Waals surface area contributed by atoms with Crippen LogP contribution in [0.15, 0.2) is 34.8 Å². The zero-order valence-electron chi connectivity index (χ0n) is 20.0. The summed E-state index contributed by atoms with van der Waals surface area (Å²) in [5, 5.41) is 2.99. The summed E-state index contributed by atoms with van der Waals surface area (Å²) in [6.45, 7) is 0.313. The summed E-state index contributed by atoms with van der Waals surface area (Å²) < 4.78 is 22.3. The Morgan fingerprint density at radius 3 is 2.34 bits per heavy atom. The Hall–Kier alpha value is -3.47. The summed E-state index contributed by atoms with van der Waals surface area (Å²) in [6, 6.07) is 7.73. The molecule has 0 aromatic heterocycles. The molecule has 1 N–H and O–H groups in total. The van der Waals surface area contributed by atoms with Crippen LogP contribution in [0.25, 0.3) is 0 Å². The van der Waals surface area contributed by atoms with Crippen LogP contribution in [0, 0.1) is 0 Å². The summed E-state index contributed by atoms with van der Waals surface area (Å²) in [5.41, 5.74) is 1.10. The third-order valence-electron chi connectivity index (χ3n) is 5.67. The Labute approximate surface area is 212 Å². The van der Waals surface area contributed by atoms with E-state index >= 15 is 0 Å². The molecule has 0 saturated carbocycles. The van der Waals surface area contributed by atoms with Crippen LogP contribution in [0.2, 0.25) is 0 Å². The van der Waals surface area contributed by atoms with Gasteiger partial charge in [-0.2, -0.15) is 0 Å². The number of nitrogens with one attached hydrogen (secondary N) is 1. The second-order valence-electron chi connectivity index (χ2n) is 7.63. The highest BCUT2D eigenvalue weighted by Gasteiger charge is 2.33. The Morgan fingerprint density at radius 1 is 1.09 bits per heavy atom. The van der Waals surface area contributed by atoms with Crippen LogP contribution < -0.4 is 24.3 Å². The van der Waals surface area contributed by atoms with Crippen LogP contribution in [0.4, 0.5) is 5.69 Å². The first-order chi connectivity index (χ1) is 16.9. The lowest BCUT2D eigenvalue weighted by molar-refractivity contribution is -0.136. The molecule has 0 radical (unpaired) electrons. The minimum Gasteiger partial charge on any atom is -0.493 e. The van der Waals surface area contributed by atoms with Crippen LogP contribution >= 0.6 is 15.9 Å². The zero-order chi connectivity index (χ0) is 25.5. The number of piperazine rings is 1. The van der Waals surface area contributed by atoms with E-state index in [-0.39, 0.29) is 38.1 Å². The number of nitrogens with zero attached hydrogens (tertiary/aromatic N) is 2. The number of halogens is 1. The molecule has 2 amide bonds. The van der Waals surface area contributed by atoms with Crippen molar-refractivity contribution in [3.63, 3.8) is 0 Å². The summed E-state index contributed by atoms with van der Waals surface area (Å²) in [4.78, 5) is 40.9. The molecule has 0 bridgehead atoms. The lowest BCUT2D eigenvalue weighted by Gasteiger charge is -2.39. The smallest absolute Gasteiger partial charge is 0.260 e. The van der Waals surface area contributed by atoms with Gasteiger partial charge in [-0.1, -0.05) is 15.9 Å². The number of ether oxygens (including phenoxy) is 4. The third-order valence-corrected chi connectivity index (χ3v) is 6.16. The van der Waals surface area contributed by atoms with E-state index in [1.807, 2.05) is 6.07 Å². The molecule has 10 nitrogen and oxygen atoms in total. The average molecular weight is 550 g/mol. The number of carbonyl (C=O) groups excluding carboxylic acids is 3. The van der Waals surface area contributed by atoms with Crippen molar-refractivity contribution in [1.29, 1.82) is 0 Å². The van der Waals surface area contributed by atoms with Gasteiger partial charge in [0.1, 0.15) is 18.1 Å². The molecule has 1 heterocycles. The molecule has 3 rings (SSSR count). The molecule has 1 fully saturated rings. The molecular formula is C24H28BrN3O7. The van der Waals surface area contributed by atoms with E-state index in [1.54, 1.807) is 31.3 Å². The summed E-state index contributed by atoms with van der Waals surface area (Å²) in [7, 11) is 6.19. The number of benzene rings is 2. The highest BCUT2D eigenvalue weighted by molar-refractivity contribution is 9.10. The number of anilines is 1. The molecule has 0 aliphatic carbocycles. The number of carbonyl (C=O) groups is 3. The van der Waals surface area contributed by atoms with Crippen LogP contribution in [0.1, 0.15) is 10.4 Å². The van der Waals surface area contributed by atoms with E-state index in [1.165, 1.54) is 31.1 Å². The number of methoxy groups -OCH3 is 3. The van der Waals surface area contributed by atoms with E-state index in [2.05, 4.69) is 21.2 Å². The molecule has 1 aliphatic rings. The number of rotatable bonds is 9. The molecule has 1 aliphatic heterocycles. The lowest BCUT2D eigenvalue weighted by Crippen LogP contribution is -2.57. The number of amides is 2. The first-order valence-electron chi connectivity index (χ1n) is 10.8. The predicted octanol–water partition coefficient (Wildman–Crippen LogP) is 2.45. The van der Waals surface area contributed by atoms with Crippen LogP contribution in [-0.2, 0) is 9.59 Å². The van der Waals surface area contributed by atoms with Gasteiger partial charge in [0.05, 0.1) is 26.9 Å². The Bertz CT molecular complexity index is 1070. The van der Waals surface area contributed by atoms with E-state index in [4.69, 9.17) is 18.9 Å². The molecule has 188 valence electrons. The molecule has 1 atom stereocenters. The second-order valence-corrected chi connectivity index (χ2v) is 8.55. The van der Waals surface area contributed by atoms with E-state index in [0.717, 1.165) is 4.47 Å². The van der Waals surface area contributed by atoms with Gasteiger partial charge in [-0.15, -0.1) is 0 Å². The van der Waals surface area contributed by atoms with Crippen molar-refractivity contribution >= 4 is 39.7 Å². The van der Waals surface area contributed by atoms with Gasteiger partial charge < -0.3 is 38.9 Å². The average Bonchev–Trinajstić information content (AvgIpc) is 2.89. The lowest BCUT2D eigenvalue weighted by atomic mass is 10.1. The Kier molecular flexibility index (Phi) is 8.80. The molecule has 11 heteroatoms. The van der Waals surface area contributed by atoms with Gasteiger partial charge in [-0.25, -0.2) is 0 Å². The minimum absolute atomic E-state index is 0.0789. The van der Waals surface area contributed by atoms with Gasteiger partial charge in [0.25, 0.3) is 11.8 Å². The van der Waals surface area contributed by atoms with Crippen molar-refractivity contribution in [2.75, 3.05) is 59.9 Å². The monoisotopic (exact) mass is 549 g/mol. The topological polar surface area (TPSA) is 107 Å². The van der Waals surface area contributed by atoms with Gasteiger partial charge in [0.15, 0.2) is 18.1 Å². The van der Waals surface area contributed by atoms with E-state index in [9.17, 15) is 14.4 Å². The molecule has 1 unspecified atom stereocenters. The maximum absolute atomic E-state index is 13.2. The van der Waals surface area contributed by atoms with Crippen molar-refractivity contribution in [3.8, 4) is 23.0 Å². The fourth-order valence-electron chi connectivity index (χ4n) is 3.85. The summed E-state index contributed by atoms with van der Waals surface area (Å²) in [6.07, 6.45) is 0.689. The number of hydrogen-bond donors (Lipinski definition) is 1.